The molecule has 1 fully saturated rings. The number of rotatable bonds is 2. The maximum atomic E-state index is 12.3. The van der Waals surface area contributed by atoms with Crippen molar-refractivity contribution in [3.05, 3.63) is 23.9 Å². The maximum Gasteiger partial charge on any atom is 0.277 e. The van der Waals surface area contributed by atoms with Gasteiger partial charge in [0.1, 0.15) is 0 Å². The summed E-state index contributed by atoms with van der Waals surface area (Å²) in [6.45, 7) is 0. The molecule has 0 aliphatic heterocycles. The molecule has 2 rings (SSSR count). The summed E-state index contributed by atoms with van der Waals surface area (Å²) in [6, 6.07) is 0.794. The van der Waals surface area contributed by atoms with E-state index in [0.29, 0.717) is 5.92 Å². The van der Waals surface area contributed by atoms with E-state index in [1.165, 1.54) is 12.3 Å². The van der Waals surface area contributed by atoms with Crippen molar-refractivity contribution in [2.45, 2.75) is 18.9 Å². The minimum absolute atomic E-state index is 0.0248. The van der Waals surface area contributed by atoms with Crippen LogP contribution < -0.4 is 5.73 Å². The predicted molar refractivity (Wildman–Crippen MR) is 38.3 cm³/mol. The van der Waals surface area contributed by atoms with Gasteiger partial charge < -0.3 is 10.2 Å². The van der Waals surface area contributed by atoms with Crippen molar-refractivity contribution >= 4 is 0 Å². The van der Waals surface area contributed by atoms with Crippen LogP contribution in [-0.2, 0) is 0 Å². The molecule has 0 radical (unpaired) electrons. The highest BCUT2D eigenvalue weighted by molar-refractivity contribution is 5.14. The Morgan fingerprint density at radius 3 is 2.82 bits per heavy atom. The molecule has 0 spiro atoms. The third kappa shape index (κ3) is 1.28. The van der Waals surface area contributed by atoms with E-state index in [4.69, 9.17) is 5.73 Å². The maximum absolute atomic E-state index is 12.3. The van der Waals surface area contributed by atoms with E-state index in [0.717, 1.165) is 18.4 Å². The molecule has 2 N–H and O–H groups in total. The molecule has 0 saturated heterocycles. The van der Waals surface area contributed by atoms with Gasteiger partial charge in [-0.2, -0.15) is 4.39 Å². The molecule has 1 aromatic heterocycles. The summed E-state index contributed by atoms with van der Waals surface area (Å²) in [4.78, 5) is 0. The molecule has 0 aromatic carbocycles. The van der Waals surface area contributed by atoms with Crippen molar-refractivity contribution in [2.75, 3.05) is 0 Å². The van der Waals surface area contributed by atoms with Gasteiger partial charge in [0, 0.05) is 17.7 Å². The first-order valence-electron chi connectivity index (χ1n) is 3.77. The fraction of sp³-hybridized carbons (Fsp3) is 0.500. The molecule has 0 unspecified atom stereocenters. The van der Waals surface area contributed by atoms with E-state index in [1.807, 2.05) is 0 Å². The van der Waals surface area contributed by atoms with Crippen LogP contribution in [0.25, 0.3) is 0 Å². The molecule has 11 heavy (non-hydrogen) atoms. The van der Waals surface area contributed by atoms with Crippen LogP contribution in [0.4, 0.5) is 4.39 Å². The van der Waals surface area contributed by atoms with Gasteiger partial charge in [0.2, 0.25) is 0 Å². The summed E-state index contributed by atoms with van der Waals surface area (Å²) < 4.78 is 16.9. The summed E-state index contributed by atoms with van der Waals surface area (Å²) in [6.07, 6.45) is 3.72. The third-order valence-corrected chi connectivity index (χ3v) is 2.10. The molecule has 60 valence electrons. The van der Waals surface area contributed by atoms with Gasteiger partial charge in [0.25, 0.3) is 6.01 Å². The predicted octanol–water partition coefficient (Wildman–Crippen LogP) is 1.83. The second-order valence-electron chi connectivity index (χ2n) is 3.05. The number of furan rings is 1. The Kier molecular flexibility index (Phi) is 1.46. The Hall–Kier alpha value is -0.830. The molecule has 0 bridgehead atoms. The molecular formula is C8H10FNO. The topological polar surface area (TPSA) is 39.2 Å². The summed E-state index contributed by atoms with van der Waals surface area (Å²) in [5, 5.41) is 0. The monoisotopic (exact) mass is 155 g/mol. The van der Waals surface area contributed by atoms with E-state index < -0.39 is 6.01 Å². The summed E-state index contributed by atoms with van der Waals surface area (Å²) in [5.74, 6) is 0.548. The number of nitrogens with two attached hydrogens (primary N) is 1. The number of hydrogen-bond donors (Lipinski definition) is 1. The number of halogens is 1. The second kappa shape index (κ2) is 2.34. The Balaban J connectivity index is 2.14. The molecule has 3 heteroatoms. The zero-order valence-corrected chi connectivity index (χ0v) is 6.09. The molecule has 1 saturated carbocycles. The van der Waals surface area contributed by atoms with E-state index in [1.54, 1.807) is 0 Å². The third-order valence-electron chi connectivity index (χ3n) is 2.10. The smallest absolute Gasteiger partial charge is 0.277 e. The van der Waals surface area contributed by atoms with Crippen LogP contribution in [0.5, 0.6) is 0 Å². The number of hydrogen-bond acceptors (Lipinski definition) is 2. The van der Waals surface area contributed by atoms with Gasteiger partial charge in [0.15, 0.2) is 0 Å². The van der Waals surface area contributed by atoms with Crippen LogP contribution in [0.15, 0.2) is 16.7 Å². The van der Waals surface area contributed by atoms with Crippen molar-refractivity contribution in [1.29, 1.82) is 0 Å². The van der Waals surface area contributed by atoms with Crippen LogP contribution in [0.1, 0.15) is 24.4 Å². The van der Waals surface area contributed by atoms with Crippen LogP contribution in [0.3, 0.4) is 0 Å². The molecule has 1 aliphatic rings. The summed E-state index contributed by atoms with van der Waals surface area (Å²) >= 11 is 0. The second-order valence-corrected chi connectivity index (χ2v) is 3.05. The Bertz CT molecular complexity index is 254. The van der Waals surface area contributed by atoms with Crippen LogP contribution in [-0.4, -0.2) is 0 Å². The Morgan fingerprint density at radius 2 is 2.36 bits per heavy atom. The van der Waals surface area contributed by atoms with Gasteiger partial charge in [-0.15, -0.1) is 0 Å². The van der Waals surface area contributed by atoms with Crippen molar-refractivity contribution < 1.29 is 8.81 Å². The lowest BCUT2D eigenvalue weighted by atomic mass is 10.1. The van der Waals surface area contributed by atoms with Crippen molar-refractivity contribution in [2.24, 2.45) is 11.7 Å². The van der Waals surface area contributed by atoms with Crippen LogP contribution >= 0.6 is 0 Å². The normalized spacial score (nSPS) is 20.2. The van der Waals surface area contributed by atoms with Gasteiger partial charge in [-0.05, 0) is 18.8 Å². The summed E-state index contributed by atoms with van der Waals surface area (Å²) in [7, 11) is 0. The summed E-state index contributed by atoms with van der Waals surface area (Å²) in [5.41, 5.74) is 6.57. The first-order chi connectivity index (χ1) is 5.27. The highest BCUT2D eigenvalue weighted by Crippen LogP contribution is 2.39. The van der Waals surface area contributed by atoms with Gasteiger partial charge in [-0.3, -0.25) is 0 Å². The van der Waals surface area contributed by atoms with Crippen molar-refractivity contribution in [3.63, 3.8) is 0 Å². The molecule has 1 heterocycles. The lowest BCUT2D eigenvalue weighted by Gasteiger charge is -2.04. The van der Waals surface area contributed by atoms with Gasteiger partial charge >= 0.3 is 0 Å². The average Bonchev–Trinajstić information content (AvgIpc) is 2.74. The highest BCUT2D eigenvalue weighted by Gasteiger charge is 2.30. The minimum Gasteiger partial charge on any atom is -0.439 e. The van der Waals surface area contributed by atoms with Crippen molar-refractivity contribution in [3.8, 4) is 0 Å². The Labute approximate surface area is 64.2 Å². The zero-order valence-electron chi connectivity index (χ0n) is 6.09. The fourth-order valence-electron chi connectivity index (χ4n) is 1.23. The molecule has 1 atom stereocenters. The van der Waals surface area contributed by atoms with E-state index >= 15 is 0 Å². The molecule has 1 aliphatic carbocycles. The Morgan fingerprint density at radius 1 is 1.64 bits per heavy atom. The van der Waals surface area contributed by atoms with Crippen LogP contribution in [0.2, 0.25) is 0 Å². The lowest BCUT2D eigenvalue weighted by Crippen LogP contribution is -2.10. The standard InChI is InChI=1S/C8H10FNO/c9-7-3-6(4-11-7)8(10)5-1-2-5/h3-5,8H,1-2,10H2/t8-/m0/s1. The lowest BCUT2D eigenvalue weighted by molar-refractivity contribution is 0.358. The zero-order chi connectivity index (χ0) is 7.84. The largest absolute Gasteiger partial charge is 0.439 e. The van der Waals surface area contributed by atoms with E-state index in [2.05, 4.69) is 4.42 Å². The van der Waals surface area contributed by atoms with Gasteiger partial charge in [0.05, 0.1) is 6.26 Å². The molecular weight excluding hydrogens is 145 g/mol. The van der Waals surface area contributed by atoms with E-state index in [9.17, 15) is 4.39 Å². The van der Waals surface area contributed by atoms with E-state index in [-0.39, 0.29) is 6.04 Å². The molecule has 2 nitrogen and oxygen atoms in total. The average molecular weight is 155 g/mol. The fourth-order valence-corrected chi connectivity index (χ4v) is 1.23. The minimum atomic E-state index is -0.545. The van der Waals surface area contributed by atoms with Gasteiger partial charge in [-0.1, -0.05) is 0 Å². The first kappa shape index (κ1) is 6.85. The van der Waals surface area contributed by atoms with Crippen molar-refractivity contribution in [1.82, 2.24) is 0 Å². The van der Waals surface area contributed by atoms with Crippen LogP contribution in [0, 0.1) is 11.9 Å². The molecule has 0 amide bonds. The quantitative estimate of drug-likeness (QED) is 0.707. The first-order valence-corrected chi connectivity index (χ1v) is 3.77. The molecule has 1 aromatic rings. The van der Waals surface area contributed by atoms with Gasteiger partial charge in [-0.25, -0.2) is 0 Å². The highest BCUT2D eigenvalue weighted by atomic mass is 19.1. The SMILES string of the molecule is N[C@H](c1coc(F)c1)C1CC1.